The van der Waals surface area contributed by atoms with Crippen LogP contribution in [0.5, 0.6) is 0 Å². The molecule has 3 rings (SSSR count). The predicted octanol–water partition coefficient (Wildman–Crippen LogP) is 2.96. The lowest BCUT2D eigenvalue weighted by atomic mass is 9.96. The van der Waals surface area contributed by atoms with Crippen molar-refractivity contribution < 1.29 is 13.9 Å². The molecule has 1 heterocycles. The molecule has 6 heteroatoms. The van der Waals surface area contributed by atoms with Gasteiger partial charge in [0.1, 0.15) is 18.8 Å². The van der Waals surface area contributed by atoms with E-state index in [0.717, 1.165) is 12.7 Å². The summed E-state index contributed by atoms with van der Waals surface area (Å²) in [6, 6.07) is 11.2. The Hall–Kier alpha value is -2.60. The van der Waals surface area contributed by atoms with Crippen LogP contribution >= 0.6 is 0 Å². The second-order valence-corrected chi connectivity index (χ2v) is 4.78. The molecule has 1 N–H and O–H groups in total. The van der Waals surface area contributed by atoms with Gasteiger partial charge in [-0.15, -0.1) is 0 Å². The van der Waals surface area contributed by atoms with E-state index in [2.05, 4.69) is 10.1 Å². The summed E-state index contributed by atoms with van der Waals surface area (Å²) in [5, 5.41) is 14.0. The van der Waals surface area contributed by atoms with E-state index >= 15 is 0 Å². The smallest absolute Gasteiger partial charge is 0.372 e. The zero-order valence-electron chi connectivity index (χ0n) is 11.5. The van der Waals surface area contributed by atoms with Crippen LogP contribution in [0.3, 0.4) is 0 Å². The highest BCUT2D eigenvalue weighted by atomic mass is 19.3. The minimum absolute atomic E-state index is 0.134. The third kappa shape index (κ3) is 2.48. The summed E-state index contributed by atoms with van der Waals surface area (Å²) in [4.78, 5) is 3.56. The maximum Gasteiger partial charge on any atom is 0.372 e. The van der Waals surface area contributed by atoms with E-state index in [1.165, 1.54) is 18.2 Å². The number of hydrogen-bond acceptors (Lipinski definition) is 3. The molecule has 2 aromatic carbocycles. The topological polar surface area (TPSA) is 50.9 Å². The second-order valence-electron chi connectivity index (χ2n) is 4.78. The van der Waals surface area contributed by atoms with Crippen LogP contribution in [0.25, 0.3) is 0 Å². The molecule has 4 nitrogen and oxygen atoms in total. The van der Waals surface area contributed by atoms with Crippen molar-refractivity contribution in [2.24, 2.45) is 0 Å². The van der Waals surface area contributed by atoms with Crippen LogP contribution in [-0.2, 0) is 6.05 Å². The Morgan fingerprint density at radius 3 is 2.36 bits per heavy atom. The number of aliphatic hydroxyl groups excluding tert-OH is 1. The van der Waals surface area contributed by atoms with E-state index < -0.39 is 12.2 Å². The van der Waals surface area contributed by atoms with Crippen molar-refractivity contribution in [1.82, 2.24) is 14.8 Å². The van der Waals surface area contributed by atoms with Crippen molar-refractivity contribution in [2.45, 2.75) is 12.2 Å². The van der Waals surface area contributed by atoms with E-state index in [1.807, 2.05) is 0 Å². The predicted molar refractivity (Wildman–Crippen MR) is 76.3 cm³/mol. The lowest BCUT2D eigenvalue weighted by Gasteiger charge is -2.22. The molecule has 1 unspecified atom stereocenters. The summed E-state index contributed by atoms with van der Waals surface area (Å²) in [6.07, 6.45) is 0.849. The third-order valence-corrected chi connectivity index (χ3v) is 3.40. The van der Waals surface area contributed by atoms with Gasteiger partial charge in [0.05, 0.1) is 5.56 Å². The largest absolute Gasteiger partial charge is 0.384 e. The Morgan fingerprint density at radius 1 is 1.00 bits per heavy atom. The van der Waals surface area contributed by atoms with Crippen LogP contribution in [0, 0.1) is 0 Å². The maximum absolute atomic E-state index is 14.6. The number of aromatic nitrogens is 3. The fraction of sp³-hybridized carbons (Fsp3) is 0.125. The molecule has 0 aliphatic heterocycles. The summed E-state index contributed by atoms with van der Waals surface area (Å²) >= 11 is 0. The molecule has 3 aromatic rings. The van der Waals surface area contributed by atoms with Gasteiger partial charge in [-0.2, -0.15) is 18.6 Å². The van der Waals surface area contributed by atoms with Crippen LogP contribution in [0.15, 0.2) is 67.3 Å². The highest BCUT2D eigenvalue weighted by Gasteiger charge is 2.38. The molecule has 22 heavy (non-hydrogen) atoms. The summed E-state index contributed by atoms with van der Waals surface area (Å²) in [5.74, 6) is 0. The Balaban J connectivity index is 2.08. The fourth-order valence-corrected chi connectivity index (χ4v) is 2.30. The molecule has 1 atom stereocenters. The lowest BCUT2D eigenvalue weighted by Crippen LogP contribution is -2.27. The summed E-state index contributed by atoms with van der Waals surface area (Å²) < 4.78 is 29.7. The van der Waals surface area contributed by atoms with Gasteiger partial charge in [-0.1, -0.05) is 54.6 Å². The van der Waals surface area contributed by atoms with Crippen molar-refractivity contribution >= 4 is 0 Å². The van der Waals surface area contributed by atoms with Gasteiger partial charge in [-0.3, -0.25) is 0 Å². The molecular formula is C16H13F2N3O. The highest BCUT2D eigenvalue weighted by molar-refractivity contribution is 5.38. The van der Waals surface area contributed by atoms with E-state index in [1.54, 1.807) is 36.4 Å². The quantitative estimate of drug-likeness (QED) is 0.806. The van der Waals surface area contributed by atoms with Gasteiger partial charge in [0.2, 0.25) is 0 Å². The Morgan fingerprint density at radius 2 is 1.68 bits per heavy atom. The maximum atomic E-state index is 14.6. The standard InChI is InChI=1S/C16H13F2N3O/c17-16(18,21-11-19-10-20-21)14-9-5-4-8-13(14)15(22)12-6-2-1-3-7-12/h1-11,15,22H. The van der Waals surface area contributed by atoms with E-state index in [4.69, 9.17) is 0 Å². The molecule has 0 bridgehead atoms. The van der Waals surface area contributed by atoms with Crippen LogP contribution in [0.1, 0.15) is 22.8 Å². The van der Waals surface area contributed by atoms with Crippen molar-refractivity contribution in [2.75, 3.05) is 0 Å². The molecule has 112 valence electrons. The van der Waals surface area contributed by atoms with Crippen molar-refractivity contribution in [1.29, 1.82) is 0 Å². The van der Waals surface area contributed by atoms with Gasteiger partial charge in [0.25, 0.3) is 0 Å². The summed E-state index contributed by atoms with van der Waals surface area (Å²) in [7, 11) is 0. The molecule has 0 saturated heterocycles. The monoisotopic (exact) mass is 301 g/mol. The second kappa shape index (κ2) is 5.65. The number of alkyl halides is 2. The van der Waals surface area contributed by atoms with Crippen molar-refractivity contribution in [3.05, 3.63) is 83.9 Å². The highest BCUT2D eigenvalue weighted by Crippen LogP contribution is 2.35. The Labute approximate surface area is 125 Å². The number of halogens is 2. The molecule has 0 radical (unpaired) electrons. The SMILES string of the molecule is OC(c1ccccc1)c1ccccc1C(F)(F)n1cncn1. The Bertz CT molecular complexity index is 745. The van der Waals surface area contributed by atoms with Gasteiger partial charge in [0, 0.05) is 0 Å². The molecule has 0 aliphatic rings. The first-order valence-corrected chi connectivity index (χ1v) is 6.66. The Kier molecular flexibility index (Phi) is 3.68. The van der Waals surface area contributed by atoms with Gasteiger partial charge < -0.3 is 5.11 Å². The summed E-state index contributed by atoms with van der Waals surface area (Å²) in [5.41, 5.74) is 0.371. The lowest BCUT2D eigenvalue weighted by molar-refractivity contribution is -0.0505. The minimum atomic E-state index is -3.40. The molecule has 0 amide bonds. The first kappa shape index (κ1) is 14.3. The number of aliphatic hydroxyl groups is 1. The fourth-order valence-electron chi connectivity index (χ4n) is 2.30. The number of rotatable bonds is 4. The van der Waals surface area contributed by atoms with Crippen LogP contribution in [0.2, 0.25) is 0 Å². The third-order valence-electron chi connectivity index (χ3n) is 3.40. The zero-order chi connectivity index (χ0) is 15.6. The number of benzene rings is 2. The molecule has 0 fully saturated rings. The molecule has 0 spiro atoms. The normalized spacial score (nSPS) is 13.0. The summed E-state index contributed by atoms with van der Waals surface area (Å²) in [6.45, 7) is 0. The van der Waals surface area contributed by atoms with Gasteiger partial charge >= 0.3 is 6.05 Å². The first-order valence-electron chi connectivity index (χ1n) is 6.66. The average molecular weight is 301 g/mol. The molecular weight excluding hydrogens is 288 g/mol. The van der Waals surface area contributed by atoms with Crippen LogP contribution in [0.4, 0.5) is 8.78 Å². The first-order chi connectivity index (χ1) is 10.6. The minimum Gasteiger partial charge on any atom is -0.384 e. The average Bonchev–Trinajstić information content (AvgIpc) is 3.10. The molecule has 0 aliphatic carbocycles. The van der Waals surface area contributed by atoms with Gasteiger partial charge in [-0.25, -0.2) is 4.98 Å². The van der Waals surface area contributed by atoms with Crippen LogP contribution in [-0.4, -0.2) is 19.9 Å². The van der Waals surface area contributed by atoms with Crippen molar-refractivity contribution in [3.8, 4) is 0 Å². The number of nitrogens with zero attached hydrogens (tertiary/aromatic N) is 3. The van der Waals surface area contributed by atoms with E-state index in [0.29, 0.717) is 10.2 Å². The molecule has 1 aromatic heterocycles. The van der Waals surface area contributed by atoms with E-state index in [9.17, 15) is 13.9 Å². The number of hydrogen-bond donors (Lipinski definition) is 1. The zero-order valence-corrected chi connectivity index (χ0v) is 11.5. The van der Waals surface area contributed by atoms with Gasteiger partial charge in [-0.05, 0) is 11.1 Å². The van der Waals surface area contributed by atoms with Crippen LogP contribution < -0.4 is 0 Å². The van der Waals surface area contributed by atoms with Gasteiger partial charge in [0.15, 0.2) is 0 Å². The van der Waals surface area contributed by atoms with E-state index in [-0.39, 0.29) is 11.1 Å². The van der Waals surface area contributed by atoms with Crippen molar-refractivity contribution in [3.63, 3.8) is 0 Å². The molecule has 0 saturated carbocycles.